The average molecular weight is 207 g/mol. The molecule has 0 radical (unpaired) electrons. The minimum atomic E-state index is 0.588. The van der Waals surface area contributed by atoms with Gasteiger partial charge in [-0.15, -0.1) is 0 Å². The van der Waals surface area contributed by atoms with Crippen molar-refractivity contribution in [3.8, 4) is 0 Å². The Morgan fingerprint density at radius 1 is 1.13 bits per heavy atom. The van der Waals surface area contributed by atoms with Crippen molar-refractivity contribution >= 4 is 0 Å². The maximum absolute atomic E-state index is 5.00. The van der Waals surface area contributed by atoms with Crippen molar-refractivity contribution in [2.24, 2.45) is 5.90 Å². The topological polar surface area (TPSA) is 35.2 Å². The van der Waals surface area contributed by atoms with E-state index in [0.29, 0.717) is 12.5 Å². The van der Waals surface area contributed by atoms with Crippen LogP contribution < -0.4 is 5.90 Å². The van der Waals surface area contributed by atoms with Crippen LogP contribution in [0.1, 0.15) is 43.7 Å². The predicted molar refractivity (Wildman–Crippen MR) is 63.6 cm³/mol. The fourth-order valence-corrected chi connectivity index (χ4v) is 1.89. The molecule has 1 rings (SSSR count). The fraction of sp³-hybridized carbons (Fsp3) is 0.538. The zero-order valence-electron chi connectivity index (χ0n) is 9.70. The minimum absolute atomic E-state index is 0.588. The van der Waals surface area contributed by atoms with E-state index in [0.717, 1.165) is 6.42 Å². The maximum Gasteiger partial charge on any atom is 0.0719 e. The molecule has 0 saturated heterocycles. The lowest BCUT2D eigenvalue weighted by Gasteiger charge is -2.13. The van der Waals surface area contributed by atoms with Crippen LogP contribution >= 0.6 is 0 Å². The lowest BCUT2D eigenvalue weighted by atomic mass is 9.93. The molecule has 0 atom stereocenters. The van der Waals surface area contributed by atoms with Gasteiger partial charge in [-0.1, -0.05) is 38.1 Å². The first kappa shape index (κ1) is 12.2. The van der Waals surface area contributed by atoms with E-state index in [4.69, 9.17) is 5.90 Å². The van der Waals surface area contributed by atoms with Gasteiger partial charge in [-0.05, 0) is 36.3 Å². The monoisotopic (exact) mass is 207 g/mol. The molecular formula is C13H21NO. The molecule has 0 fully saturated rings. The van der Waals surface area contributed by atoms with Crippen LogP contribution in [0.2, 0.25) is 0 Å². The number of hydrogen-bond acceptors (Lipinski definition) is 2. The molecule has 2 nitrogen and oxygen atoms in total. The predicted octanol–water partition coefficient (Wildman–Crippen LogP) is 3.02. The van der Waals surface area contributed by atoms with Crippen molar-refractivity contribution in [3.63, 3.8) is 0 Å². The molecule has 0 aromatic heterocycles. The van der Waals surface area contributed by atoms with Gasteiger partial charge in [-0.3, -0.25) is 0 Å². The molecule has 1 aromatic rings. The normalized spacial score (nSPS) is 10.9. The summed E-state index contributed by atoms with van der Waals surface area (Å²) in [5.41, 5.74) is 2.73. The van der Waals surface area contributed by atoms with Crippen LogP contribution in [0.15, 0.2) is 24.3 Å². The summed E-state index contributed by atoms with van der Waals surface area (Å²) in [5, 5.41) is 0. The van der Waals surface area contributed by atoms with E-state index in [1.165, 1.54) is 24.0 Å². The number of benzene rings is 1. The van der Waals surface area contributed by atoms with Crippen LogP contribution in [0.4, 0.5) is 0 Å². The quantitative estimate of drug-likeness (QED) is 0.728. The van der Waals surface area contributed by atoms with Gasteiger partial charge in [0, 0.05) is 0 Å². The lowest BCUT2D eigenvalue weighted by Crippen LogP contribution is -2.04. The van der Waals surface area contributed by atoms with Crippen LogP contribution in [-0.2, 0) is 11.3 Å². The molecule has 0 aliphatic carbocycles. The molecule has 15 heavy (non-hydrogen) atoms. The van der Waals surface area contributed by atoms with Crippen LogP contribution in [0.25, 0.3) is 0 Å². The summed E-state index contributed by atoms with van der Waals surface area (Å²) in [5.74, 6) is 5.70. The van der Waals surface area contributed by atoms with Gasteiger partial charge in [0.25, 0.3) is 0 Å². The van der Waals surface area contributed by atoms with Crippen LogP contribution in [0.5, 0.6) is 0 Å². The summed E-state index contributed by atoms with van der Waals surface area (Å²) in [4.78, 5) is 4.57. The molecule has 0 aliphatic heterocycles. The smallest absolute Gasteiger partial charge is 0.0719 e. The molecule has 1 aromatic carbocycles. The van der Waals surface area contributed by atoms with Crippen molar-refractivity contribution in [1.29, 1.82) is 0 Å². The highest BCUT2D eigenvalue weighted by Crippen LogP contribution is 2.22. The molecule has 0 spiro atoms. The second kappa shape index (κ2) is 6.59. The van der Waals surface area contributed by atoms with Gasteiger partial charge in [0.2, 0.25) is 0 Å². The Bertz CT molecular complexity index is 264. The van der Waals surface area contributed by atoms with E-state index in [1.807, 2.05) is 0 Å². The molecule has 2 heteroatoms. The van der Waals surface area contributed by atoms with Crippen LogP contribution in [0.3, 0.4) is 0 Å². The van der Waals surface area contributed by atoms with Gasteiger partial charge in [0.15, 0.2) is 0 Å². The van der Waals surface area contributed by atoms with Gasteiger partial charge in [0.05, 0.1) is 6.61 Å². The number of nitrogens with two attached hydrogens (primary N) is 1. The summed E-state index contributed by atoms with van der Waals surface area (Å²) < 4.78 is 0. The third-order valence-corrected chi connectivity index (χ3v) is 2.95. The van der Waals surface area contributed by atoms with Crippen molar-refractivity contribution < 1.29 is 4.84 Å². The van der Waals surface area contributed by atoms with Crippen molar-refractivity contribution in [3.05, 3.63) is 35.4 Å². The SMILES string of the molecule is CCC(CC)c1ccc(CCON)cc1. The summed E-state index contributed by atoms with van der Waals surface area (Å²) in [6.45, 7) is 5.07. The molecule has 2 N–H and O–H groups in total. The van der Waals surface area contributed by atoms with Gasteiger partial charge in [-0.25, -0.2) is 5.90 Å². The highest BCUT2D eigenvalue weighted by Gasteiger charge is 2.05. The van der Waals surface area contributed by atoms with Crippen molar-refractivity contribution in [1.82, 2.24) is 0 Å². The Balaban J connectivity index is 2.62. The van der Waals surface area contributed by atoms with Crippen LogP contribution in [-0.4, -0.2) is 6.61 Å². The van der Waals surface area contributed by atoms with Gasteiger partial charge in [0.1, 0.15) is 0 Å². The maximum atomic E-state index is 5.00. The van der Waals surface area contributed by atoms with E-state index in [-0.39, 0.29) is 0 Å². The van der Waals surface area contributed by atoms with Crippen LogP contribution in [0, 0.1) is 0 Å². The van der Waals surface area contributed by atoms with Gasteiger partial charge >= 0.3 is 0 Å². The molecule has 84 valence electrons. The standard InChI is InChI=1S/C13H21NO/c1-3-12(4-2)13-7-5-11(6-8-13)9-10-15-14/h5-8,12H,3-4,9-10,14H2,1-2H3. The largest absolute Gasteiger partial charge is 0.304 e. The third kappa shape index (κ3) is 3.65. The first-order chi connectivity index (χ1) is 7.31. The molecule has 0 amide bonds. The van der Waals surface area contributed by atoms with E-state index in [9.17, 15) is 0 Å². The Morgan fingerprint density at radius 3 is 2.20 bits per heavy atom. The molecular weight excluding hydrogens is 186 g/mol. The van der Waals surface area contributed by atoms with Gasteiger partial charge in [-0.2, -0.15) is 0 Å². The minimum Gasteiger partial charge on any atom is -0.304 e. The molecule has 0 unspecified atom stereocenters. The average Bonchev–Trinajstić information content (AvgIpc) is 2.29. The second-order valence-corrected chi connectivity index (χ2v) is 3.88. The molecule has 0 heterocycles. The number of rotatable bonds is 6. The zero-order valence-corrected chi connectivity index (χ0v) is 9.70. The third-order valence-electron chi connectivity index (χ3n) is 2.95. The summed E-state index contributed by atoms with van der Waals surface area (Å²) in [6, 6.07) is 8.80. The van der Waals surface area contributed by atoms with E-state index >= 15 is 0 Å². The Kier molecular flexibility index (Phi) is 5.37. The number of hydrogen-bond donors (Lipinski definition) is 1. The van der Waals surface area contributed by atoms with Crippen molar-refractivity contribution in [2.75, 3.05) is 6.61 Å². The lowest BCUT2D eigenvalue weighted by molar-refractivity contribution is 0.141. The van der Waals surface area contributed by atoms with E-state index in [2.05, 4.69) is 43.0 Å². The Labute approximate surface area is 92.4 Å². The second-order valence-electron chi connectivity index (χ2n) is 3.88. The van der Waals surface area contributed by atoms with E-state index < -0.39 is 0 Å². The fourth-order valence-electron chi connectivity index (χ4n) is 1.89. The summed E-state index contributed by atoms with van der Waals surface area (Å²) in [6.07, 6.45) is 3.31. The molecule has 0 saturated carbocycles. The Hall–Kier alpha value is -0.860. The van der Waals surface area contributed by atoms with E-state index in [1.54, 1.807) is 0 Å². The first-order valence-electron chi connectivity index (χ1n) is 5.72. The highest BCUT2D eigenvalue weighted by molar-refractivity contribution is 5.25. The summed E-state index contributed by atoms with van der Waals surface area (Å²) >= 11 is 0. The highest BCUT2D eigenvalue weighted by atomic mass is 16.6. The molecule has 0 bridgehead atoms. The zero-order chi connectivity index (χ0) is 11.1. The van der Waals surface area contributed by atoms with Gasteiger partial charge < -0.3 is 4.84 Å². The molecule has 0 aliphatic rings. The first-order valence-corrected chi connectivity index (χ1v) is 5.72. The van der Waals surface area contributed by atoms with Crippen molar-refractivity contribution in [2.45, 2.75) is 39.0 Å². The Morgan fingerprint density at radius 2 is 1.73 bits per heavy atom. The summed E-state index contributed by atoms with van der Waals surface area (Å²) in [7, 11) is 0.